The second kappa shape index (κ2) is 4.40. The van der Waals surface area contributed by atoms with E-state index in [4.69, 9.17) is 9.47 Å². The van der Waals surface area contributed by atoms with Crippen LogP contribution in [-0.4, -0.2) is 18.5 Å². The van der Waals surface area contributed by atoms with Gasteiger partial charge in [0.15, 0.2) is 0 Å². The van der Waals surface area contributed by atoms with E-state index in [0.717, 1.165) is 11.5 Å². The number of carbonyl (C=O) groups is 1. The van der Waals surface area contributed by atoms with Crippen LogP contribution >= 0.6 is 0 Å². The molecule has 17 heavy (non-hydrogen) atoms. The SMILES string of the molecule is CCOc1ccc(OC2CC(=O)C2(C)C)cc1. The van der Waals surface area contributed by atoms with Crippen LogP contribution in [-0.2, 0) is 4.79 Å². The van der Waals surface area contributed by atoms with E-state index in [2.05, 4.69) is 0 Å². The van der Waals surface area contributed by atoms with Gasteiger partial charge in [-0.1, -0.05) is 0 Å². The van der Waals surface area contributed by atoms with Crippen molar-refractivity contribution in [1.29, 1.82) is 0 Å². The summed E-state index contributed by atoms with van der Waals surface area (Å²) in [6.45, 7) is 6.47. The standard InChI is InChI=1S/C14H18O3/c1-4-16-10-5-7-11(8-6-10)17-13-9-12(15)14(13,2)3/h5-8,13H,4,9H2,1-3H3. The van der Waals surface area contributed by atoms with Gasteiger partial charge < -0.3 is 9.47 Å². The van der Waals surface area contributed by atoms with Crippen LogP contribution in [0.5, 0.6) is 11.5 Å². The van der Waals surface area contributed by atoms with Crippen LogP contribution in [0.2, 0.25) is 0 Å². The molecule has 2 rings (SSSR count). The largest absolute Gasteiger partial charge is 0.494 e. The molecule has 3 nitrogen and oxygen atoms in total. The normalized spacial score (nSPS) is 21.8. The molecule has 1 atom stereocenters. The second-order valence-corrected chi connectivity index (χ2v) is 4.86. The maximum Gasteiger partial charge on any atom is 0.145 e. The van der Waals surface area contributed by atoms with Gasteiger partial charge in [-0.15, -0.1) is 0 Å². The van der Waals surface area contributed by atoms with Crippen molar-refractivity contribution in [3.63, 3.8) is 0 Å². The molecule has 1 saturated carbocycles. The van der Waals surface area contributed by atoms with Crippen LogP contribution in [0, 0.1) is 5.41 Å². The van der Waals surface area contributed by atoms with Gasteiger partial charge in [0.05, 0.1) is 12.0 Å². The second-order valence-electron chi connectivity index (χ2n) is 4.86. The van der Waals surface area contributed by atoms with Gasteiger partial charge in [-0.05, 0) is 45.0 Å². The van der Waals surface area contributed by atoms with Gasteiger partial charge >= 0.3 is 0 Å². The van der Waals surface area contributed by atoms with Gasteiger partial charge in [0.25, 0.3) is 0 Å². The Morgan fingerprint density at radius 2 is 1.82 bits per heavy atom. The Balaban J connectivity index is 1.98. The average molecular weight is 234 g/mol. The average Bonchev–Trinajstić information content (AvgIpc) is 2.31. The molecule has 1 fully saturated rings. The summed E-state index contributed by atoms with van der Waals surface area (Å²) in [4.78, 5) is 11.4. The fraction of sp³-hybridized carbons (Fsp3) is 0.500. The molecule has 0 saturated heterocycles. The molecular weight excluding hydrogens is 216 g/mol. The van der Waals surface area contributed by atoms with Crippen molar-refractivity contribution < 1.29 is 14.3 Å². The number of benzene rings is 1. The van der Waals surface area contributed by atoms with E-state index in [-0.39, 0.29) is 17.3 Å². The highest BCUT2D eigenvalue weighted by Gasteiger charge is 2.49. The molecule has 0 spiro atoms. The third kappa shape index (κ3) is 2.28. The summed E-state index contributed by atoms with van der Waals surface area (Å²) in [5.41, 5.74) is -0.349. The van der Waals surface area contributed by atoms with E-state index in [9.17, 15) is 4.79 Å². The van der Waals surface area contributed by atoms with Gasteiger partial charge in [0.1, 0.15) is 23.4 Å². The van der Waals surface area contributed by atoms with Crippen LogP contribution in [0.15, 0.2) is 24.3 Å². The zero-order valence-electron chi connectivity index (χ0n) is 10.5. The Morgan fingerprint density at radius 1 is 1.24 bits per heavy atom. The molecule has 92 valence electrons. The van der Waals surface area contributed by atoms with Crippen molar-refractivity contribution in [2.75, 3.05) is 6.61 Å². The van der Waals surface area contributed by atoms with Gasteiger partial charge in [0, 0.05) is 6.42 Å². The van der Waals surface area contributed by atoms with E-state index in [1.165, 1.54) is 0 Å². The van der Waals surface area contributed by atoms with E-state index < -0.39 is 0 Å². The molecule has 0 N–H and O–H groups in total. The molecule has 3 heteroatoms. The van der Waals surface area contributed by atoms with Crippen LogP contribution < -0.4 is 9.47 Å². The Kier molecular flexibility index (Phi) is 3.09. The molecular formula is C14H18O3. The third-order valence-corrected chi connectivity index (χ3v) is 3.31. The minimum Gasteiger partial charge on any atom is -0.494 e. The van der Waals surface area contributed by atoms with E-state index in [1.54, 1.807) is 0 Å². The fourth-order valence-electron chi connectivity index (χ4n) is 1.87. The monoisotopic (exact) mass is 234 g/mol. The smallest absolute Gasteiger partial charge is 0.145 e. The number of rotatable bonds is 4. The molecule has 1 aromatic carbocycles. The number of Topliss-reactive ketones (excluding diaryl/α,β-unsaturated/α-hetero) is 1. The highest BCUT2D eigenvalue weighted by Crippen LogP contribution is 2.39. The lowest BCUT2D eigenvalue weighted by Gasteiger charge is -2.41. The number of ether oxygens (including phenoxy) is 2. The van der Waals surface area contributed by atoms with Gasteiger partial charge in [-0.3, -0.25) is 4.79 Å². The van der Waals surface area contributed by atoms with Crippen LogP contribution in [0.3, 0.4) is 0 Å². The number of ketones is 1. The summed E-state index contributed by atoms with van der Waals surface area (Å²) in [6.07, 6.45) is 0.508. The van der Waals surface area contributed by atoms with Crippen molar-refractivity contribution in [1.82, 2.24) is 0 Å². The fourth-order valence-corrected chi connectivity index (χ4v) is 1.87. The predicted molar refractivity (Wildman–Crippen MR) is 65.4 cm³/mol. The maximum atomic E-state index is 11.4. The van der Waals surface area contributed by atoms with Crippen LogP contribution in [0.4, 0.5) is 0 Å². The number of hydrogen-bond acceptors (Lipinski definition) is 3. The summed E-state index contributed by atoms with van der Waals surface area (Å²) in [5.74, 6) is 1.90. The highest BCUT2D eigenvalue weighted by molar-refractivity contribution is 5.91. The molecule has 1 aromatic rings. The van der Waals surface area contributed by atoms with E-state index in [0.29, 0.717) is 13.0 Å². The molecule has 1 aliphatic rings. The summed E-state index contributed by atoms with van der Waals surface area (Å²) >= 11 is 0. The first-order valence-electron chi connectivity index (χ1n) is 5.97. The molecule has 1 aliphatic carbocycles. The van der Waals surface area contributed by atoms with Crippen molar-refractivity contribution >= 4 is 5.78 Å². The third-order valence-electron chi connectivity index (χ3n) is 3.31. The minimum absolute atomic E-state index is 0.00653. The molecule has 0 bridgehead atoms. The Labute approximate surface area is 102 Å². The van der Waals surface area contributed by atoms with Gasteiger partial charge in [-0.25, -0.2) is 0 Å². The first-order valence-corrected chi connectivity index (χ1v) is 5.97. The lowest BCUT2D eigenvalue weighted by Crippen LogP contribution is -2.52. The summed E-state index contributed by atoms with van der Waals surface area (Å²) in [5, 5.41) is 0. The quantitative estimate of drug-likeness (QED) is 0.803. The minimum atomic E-state index is -0.349. The van der Waals surface area contributed by atoms with Crippen LogP contribution in [0.1, 0.15) is 27.2 Å². The molecule has 1 unspecified atom stereocenters. The van der Waals surface area contributed by atoms with Crippen molar-refractivity contribution in [2.24, 2.45) is 5.41 Å². The number of carbonyl (C=O) groups excluding carboxylic acids is 1. The first kappa shape index (κ1) is 12.0. The summed E-state index contributed by atoms with van der Waals surface area (Å²) in [6, 6.07) is 7.52. The molecule has 0 aliphatic heterocycles. The Morgan fingerprint density at radius 3 is 2.29 bits per heavy atom. The molecule has 0 amide bonds. The Hall–Kier alpha value is -1.51. The summed E-state index contributed by atoms with van der Waals surface area (Å²) < 4.78 is 11.1. The lowest BCUT2D eigenvalue weighted by atomic mass is 9.68. The topological polar surface area (TPSA) is 35.5 Å². The zero-order valence-corrected chi connectivity index (χ0v) is 10.5. The number of hydrogen-bond donors (Lipinski definition) is 0. The summed E-state index contributed by atoms with van der Waals surface area (Å²) in [7, 11) is 0. The van der Waals surface area contributed by atoms with E-state index >= 15 is 0 Å². The van der Waals surface area contributed by atoms with Crippen LogP contribution in [0.25, 0.3) is 0 Å². The zero-order chi connectivity index (χ0) is 12.5. The highest BCUT2D eigenvalue weighted by atomic mass is 16.5. The Bertz CT molecular complexity index is 406. The van der Waals surface area contributed by atoms with Gasteiger partial charge in [-0.2, -0.15) is 0 Å². The molecule has 0 heterocycles. The lowest BCUT2D eigenvalue weighted by molar-refractivity contribution is -0.148. The van der Waals surface area contributed by atoms with Crippen molar-refractivity contribution in [3.05, 3.63) is 24.3 Å². The maximum absolute atomic E-state index is 11.4. The molecule has 0 radical (unpaired) electrons. The van der Waals surface area contributed by atoms with Gasteiger partial charge in [0.2, 0.25) is 0 Å². The molecule has 0 aromatic heterocycles. The van der Waals surface area contributed by atoms with Crippen molar-refractivity contribution in [2.45, 2.75) is 33.3 Å². The predicted octanol–water partition coefficient (Wildman–Crippen LogP) is 2.83. The van der Waals surface area contributed by atoms with Crippen molar-refractivity contribution in [3.8, 4) is 11.5 Å². The first-order chi connectivity index (χ1) is 8.04. The van der Waals surface area contributed by atoms with E-state index in [1.807, 2.05) is 45.0 Å².